The van der Waals surface area contributed by atoms with Gasteiger partial charge in [-0.3, -0.25) is 0 Å². The molecule has 0 aliphatic rings. The maximum absolute atomic E-state index is 5.88. The fraction of sp³-hybridized carbons (Fsp3) is 0.286. The molecule has 0 aliphatic heterocycles. The summed E-state index contributed by atoms with van der Waals surface area (Å²) in [4.78, 5) is 8.64. The highest BCUT2D eigenvalue weighted by Gasteiger charge is 2.06. The largest absolute Gasteiger partial charge is 0.321 e. The predicted molar refractivity (Wildman–Crippen MR) is 69.4 cm³/mol. The van der Waals surface area contributed by atoms with Crippen LogP contribution in [0, 0.1) is 6.92 Å². The van der Waals surface area contributed by atoms with E-state index in [0.717, 1.165) is 17.5 Å². The van der Waals surface area contributed by atoms with E-state index in [1.165, 1.54) is 5.56 Å². The molecule has 2 N–H and O–H groups in total. The Kier molecular flexibility index (Phi) is 3.49. The van der Waals surface area contributed by atoms with Crippen molar-refractivity contribution in [3.05, 3.63) is 48.0 Å². The Labute approximate surface area is 102 Å². The second-order valence-electron chi connectivity index (χ2n) is 4.21. The lowest BCUT2D eigenvalue weighted by Gasteiger charge is -2.08. The summed E-state index contributed by atoms with van der Waals surface area (Å²) in [6.07, 6.45) is 4.53. The minimum absolute atomic E-state index is 0.0680. The van der Waals surface area contributed by atoms with Gasteiger partial charge in [-0.15, -0.1) is 0 Å². The molecule has 88 valence electrons. The van der Waals surface area contributed by atoms with E-state index < -0.39 is 0 Å². The molecule has 1 aromatic heterocycles. The maximum Gasteiger partial charge on any atom is 0.144 e. The molecular formula is C14H17N3. The van der Waals surface area contributed by atoms with Gasteiger partial charge in [-0.1, -0.05) is 36.8 Å². The second-order valence-corrected chi connectivity index (χ2v) is 4.21. The molecular weight excluding hydrogens is 210 g/mol. The molecule has 0 saturated heterocycles. The van der Waals surface area contributed by atoms with Crippen molar-refractivity contribution < 1.29 is 0 Å². The third-order valence-corrected chi connectivity index (χ3v) is 2.79. The number of hydrogen-bond donors (Lipinski definition) is 1. The number of aromatic nitrogens is 2. The Bertz CT molecular complexity index is 491. The van der Waals surface area contributed by atoms with Crippen LogP contribution in [0.1, 0.15) is 30.8 Å². The van der Waals surface area contributed by atoms with Crippen LogP contribution in [0.5, 0.6) is 0 Å². The van der Waals surface area contributed by atoms with Crippen molar-refractivity contribution in [3.63, 3.8) is 0 Å². The molecule has 3 heteroatoms. The van der Waals surface area contributed by atoms with Crippen molar-refractivity contribution in [3.8, 4) is 11.1 Å². The van der Waals surface area contributed by atoms with Crippen LogP contribution in [0.4, 0.5) is 0 Å². The minimum atomic E-state index is -0.0680. The van der Waals surface area contributed by atoms with E-state index in [2.05, 4.69) is 35.1 Å². The summed E-state index contributed by atoms with van der Waals surface area (Å²) in [5.74, 6) is 0.712. The Morgan fingerprint density at radius 3 is 2.47 bits per heavy atom. The predicted octanol–water partition coefficient (Wildman–Crippen LogP) is 2.86. The van der Waals surface area contributed by atoms with Crippen LogP contribution in [0.15, 0.2) is 36.7 Å². The smallest absolute Gasteiger partial charge is 0.144 e. The van der Waals surface area contributed by atoms with E-state index in [0.29, 0.717) is 5.82 Å². The fourth-order valence-electron chi connectivity index (χ4n) is 1.69. The molecule has 0 aliphatic carbocycles. The zero-order valence-electron chi connectivity index (χ0n) is 10.2. The Morgan fingerprint density at radius 2 is 1.88 bits per heavy atom. The first kappa shape index (κ1) is 11.7. The highest BCUT2D eigenvalue weighted by Crippen LogP contribution is 2.19. The van der Waals surface area contributed by atoms with E-state index in [1.807, 2.05) is 25.4 Å². The van der Waals surface area contributed by atoms with Crippen LogP contribution < -0.4 is 5.73 Å². The van der Waals surface area contributed by atoms with Gasteiger partial charge < -0.3 is 5.73 Å². The molecule has 2 aromatic rings. The standard InChI is InChI=1S/C14H17N3/c1-3-13(15)14-16-8-12(9-17-14)11-6-4-5-10(2)7-11/h4-9,13H,3,15H2,1-2H3. The van der Waals surface area contributed by atoms with Crippen molar-refractivity contribution >= 4 is 0 Å². The summed E-state index contributed by atoms with van der Waals surface area (Å²) in [7, 11) is 0. The van der Waals surface area contributed by atoms with Crippen LogP contribution in [0.3, 0.4) is 0 Å². The van der Waals surface area contributed by atoms with E-state index >= 15 is 0 Å². The topological polar surface area (TPSA) is 51.8 Å². The number of rotatable bonds is 3. The van der Waals surface area contributed by atoms with E-state index in [4.69, 9.17) is 5.73 Å². The Morgan fingerprint density at radius 1 is 1.18 bits per heavy atom. The molecule has 1 aromatic carbocycles. The summed E-state index contributed by atoms with van der Waals surface area (Å²) in [5.41, 5.74) is 9.28. The second kappa shape index (κ2) is 5.06. The summed E-state index contributed by atoms with van der Waals surface area (Å²) >= 11 is 0. The summed E-state index contributed by atoms with van der Waals surface area (Å²) in [5, 5.41) is 0. The number of hydrogen-bond acceptors (Lipinski definition) is 3. The molecule has 3 nitrogen and oxygen atoms in total. The van der Waals surface area contributed by atoms with Crippen molar-refractivity contribution in [1.82, 2.24) is 9.97 Å². The highest BCUT2D eigenvalue weighted by atomic mass is 14.9. The molecule has 0 saturated carbocycles. The quantitative estimate of drug-likeness (QED) is 0.877. The van der Waals surface area contributed by atoms with Crippen molar-refractivity contribution in [2.24, 2.45) is 5.73 Å². The molecule has 2 rings (SSSR count). The normalized spacial score (nSPS) is 12.4. The van der Waals surface area contributed by atoms with Gasteiger partial charge in [0.25, 0.3) is 0 Å². The molecule has 1 unspecified atom stereocenters. The average molecular weight is 227 g/mol. The van der Waals surface area contributed by atoms with Gasteiger partial charge in [0.1, 0.15) is 5.82 Å². The number of benzene rings is 1. The van der Waals surface area contributed by atoms with E-state index in [1.54, 1.807) is 0 Å². The Hall–Kier alpha value is -1.74. The van der Waals surface area contributed by atoms with E-state index in [-0.39, 0.29) is 6.04 Å². The lowest BCUT2D eigenvalue weighted by molar-refractivity contribution is 0.649. The van der Waals surface area contributed by atoms with Crippen LogP contribution in [0.25, 0.3) is 11.1 Å². The first-order chi connectivity index (χ1) is 8.20. The third kappa shape index (κ3) is 2.68. The van der Waals surface area contributed by atoms with E-state index in [9.17, 15) is 0 Å². The first-order valence-electron chi connectivity index (χ1n) is 5.85. The van der Waals surface area contributed by atoms with Crippen molar-refractivity contribution in [2.75, 3.05) is 0 Å². The molecule has 0 amide bonds. The fourth-order valence-corrected chi connectivity index (χ4v) is 1.69. The van der Waals surface area contributed by atoms with Gasteiger partial charge in [-0.25, -0.2) is 9.97 Å². The zero-order chi connectivity index (χ0) is 12.3. The van der Waals surface area contributed by atoms with Crippen molar-refractivity contribution in [1.29, 1.82) is 0 Å². The Balaban J connectivity index is 2.29. The number of aryl methyl sites for hydroxylation is 1. The molecule has 1 atom stereocenters. The third-order valence-electron chi connectivity index (χ3n) is 2.79. The average Bonchev–Trinajstić information content (AvgIpc) is 2.38. The first-order valence-corrected chi connectivity index (χ1v) is 5.85. The van der Waals surface area contributed by atoms with Crippen molar-refractivity contribution in [2.45, 2.75) is 26.3 Å². The summed E-state index contributed by atoms with van der Waals surface area (Å²) < 4.78 is 0. The van der Waals surface area contributed by atoms with Gasteiger partial charge in [0.15, 0.2) is 0 Å². The molecule has 0 fully saturated rings. The zero-order valence-corrected chi connectivity index (χ0v) is 10.2. The van der Waals surface area contributed by atoms with Crippen LogP contribution in [-0.2, 0) is 0 Å². The molecule has 17 heavy (non-hydrogen) atoms. The lowest BCUT2D eigenvalue weighted by atomic mass is 10.1. The molecule has 0 bridgehead atoms. The number of nitrogens with two attached hydrogens (primary N) is 1. The van der Waals surface area contributed by atoms with Gasteiger partial charge in [0.05, 0.1) is 6.04 Å². The summed E-state index contributed by atoms with van der Waals surface area (Å²) in [6.45, 7) is 4.11. The van der Waals surface area contributed by atoms with Gasteiger partial charge in [-0.2, -0.15) is 0 Å². The van der Waals surface area contributed by atoms with Gasteiger partial charge in [-0.05, 0) is 18.9 Å². The van der Waals surface area contributed by atoms with Gasteiger partial charge in [0, 0.05) is 18.0 Å². The number of nitrogens with zero attached hydrogens (tertiary/aromatic N) is 2. The van der Waals surface area contributed by atoms with Gasteiger partial charge in [0.2, 0.25) is 0 Å². The monoisotopic (exact) mass is 227 g/mol. The lowest BCUT2D eigenvalue weighted by Crippen LogP contribution is -2.12. The molecule has 0 spiro atoms. The minimum Gasteiger partial charge on any atom is -0.321 e. The summed E-state index contributed by atoms with van der Waals surface area (Å²) in [6, 6.07) is 8.23. The molecule has 1 heterocycles. The SMILES string of the molecule is CCC(N)c1ncc(-c2cccc(C)c2)cn1. The molecule has 0 radical (unpaired) electrons. The van der Waals surface area contributed by atoms with Gasteiger partial charge >= 0.3 is 0 Å². The van der Waals surface area contributed by atoms with Crippen LogP contribution in [-0.4, -0.2) is 9.97 Å². The van der Waals surface area contributed by atoms with Crippen LogP contribution >= 0.6 is 0 Å². The van der Waals surface area contributed by atoms with Crippen LogP contribution in [0.2, 0.25) is 0 Å². The maximum atomic E-state index is 5.88. The highest BCUT2D eigenvalue weighted by molar-refractivity contribution is 5.62.